The van der Waals surface area contributed by atoms with Crippen LogP contribution in [0.1, 0.15) is 55.2 Å². The highest BCUT2D eigenvalue weighted by Crippen LogP contribution is 2.48. The Morgan fingerprint density at radius 2 is 1.77 bits per heavy atom. The summed E-state index contributed by atoms with van der Waals surface area (Å²) < 4.78 is 25.1. The molecule has 44 heavy (non-hydrogen) atoms. The predicted octanol–water partition coefficient (Wildman–Crippen LogP) is 4.10. The third-order valence-corrected chi connectivity index (χ3v) is 7.72. The number of hydrogen-bond donors (Lipinski definition) is 2. The van der Waals surface area contributed by atoms with Crippen molar-refractivity contribution < 1.29 is 27.9 Å². The number of nitrogens with zero attached hydrogens (tertiary/aromatic N) is 4. The maximum absolute atomic E-state index is 13.6. The lowest BCUT2D eigenvalue weighted by Gasteiger charge is -2.39. The minimum absolute atomic E-state index is 0.182. The van der Waals surface area contributed by atoms with Gasteiger partial charge in [-0.25, -0.2) is 14.2 Å². The summed E-state index contributed by atoms with van der Waals surface area (Å²) in [6.45, 7) is 2.98. The van der Waals surface area contributed by atoms with Crippen LogP contribution in [-0.2, 0) is 21.5 Å². The smallest absolute Gasteiger partial charge is 0.411 e. The number of nitrogens with one attached hydrogen (secondary N) is 2. The molecule has 1 aliphatic carbocycles. The number of Topliss-reactive ketones (excluding diaryl/α,β-unsaturated/α-hetero) is 1. The van der Waals surface area contributed by atoms with Crippen LogP contribution in [0.5, 0.6) is 0 Å². The van der Waals surface area contributed by atoms with E-state index in [2.05, 4.69) is 30.6 Å². The van der Waals surface area contributed by atoms with Crippen molar-refractivity contribution in [2.45, 2.75) is 51.1 Å². The second-order valence-corrected chi connectivity index (χ2v) is 10.9. The molecule has 12 nitrogen and oxygen atoms in total. The number of rotatable bonds is 10. The van der Waals surface area contributed by atoms with Gasteiger partial charge in [0, 0.05) is 5.56 Å². The summed E-state index contributed by atoms with van der Waals surface area (Å²) >= 11 is 0. The third kappa shape index (κ3) is 5.98. The lowest BCUT2D eigenvalue weighted by atomic mass is 9.64. The molecular formula is C31H31FN6O6. The fourth-order valence-electron chi connectivity index (χ4n) is 5.18. The first-order valence-electron chi connectivity index (χ1n) is 14.1. The number of ketones is 1. The molecule has 1 aliphatic rings. The van der Waals surface area contributed by atoms with Gasteiger partial charge in [-0.15, -0.1) is 10.2 Å². The minimum Gasteiger partial charge on any atom is -0.453 e. The Kier molecular flexibility index (Phi) is 8.65. The molecule has 2 aromatic carbocycles. The molecule has 0 unspecified atom stereocenters. The molecule has 1 atom stereocenters. The van der Waals surface area contributed by atoms with Crippen molar-refractivity contribution in [1.29, 1.82) is 0 Å². The second kappa shape index (κ2) is 12.6. The average molecular weight is 603 g/mol. The fraction of sp³-hybridized carbons (Fsp3) is 0.323. The van der Waals surface area contributed by atoms with Crippen LogP contribution < -0.4 is 16.2 Å². The summed E-state index contributed by atoms with van der Waals surface area (Å²) in [6, 6.07) is 13.8. The van der Waals surface area contributed by atoms with E-state index in [1.54, 1.807) is 56.3 Å². The van der Waals surface area contributed by atoms with Crippen LogP contribution in [0.2, 0.25) is 0 Å². The molecule has 0 spiro atoms. The van der Waals surface area contributed by atoms with Crippen LogP contribution in [0.3, 0.4) is 0 Å². The molecule has 2 heterocycles. The number of carbonyl (C=O) groups is 3. The summed E-state index contributed by atoms with van der Waals surface area (Å²) in [5, 5.41) is 13.2. The molecule has 1 saturated carbocycles. The van der Waals surface area contributed by atoms with Gasteiger partial charge in [0.1, 0.15) is 23.9 Å². The molecular weight excluding hydrogens is 571 g/mol. The lowest BCUT2D eigenvalue weighted by molar-refractivity contribution is -0.122. The van der Waals surface area contributed by atoms with Gasteiger partial charge < -0.3 is 14.5 Å². The number of hydrogen-bond acceptors (Lipinski definition) is 9. The standard InChI is InChI=1S/C31H31FN6O6/c1-18(2)24(25(40)27-36-37-29(44-27)31(14-7-15-31)20-10-12-21(32)13-11-20)35-23(39)17-38-26(19-8-5-4-6-9-19)33-16-22(28(38)41)34-30(42)43-3/h4-6,8-13,16,18,24H,7,14-15,17H2,1-3H3,(H,34,42)(H,35,39)/t24-/m0/s1. The summed E-state index contributed by atoms with van der Waals surface area (Å²) in [6.07, 6.45) is 2.62. The molecule has 0 aliphatic heterocycles. The highest BCUT2D eigenvalue weighted by Gasteiger charge is 2.46. The lowest BCUT2D eigenvalue weighted by Crippen LogP contribution is -2.46. The van der Waals surface area contributed by atoms with Crippen LogP contribution >= 0.6 is 0 Å². The first-order chi connectivity index (χ1) is 21.1. The minimum atomic E-state index is -1.06. The molecule has 2 aromatic heterocycles. The van der Waals surface area contributed by atoms with E-state index in [0.29, 0.717) is 18.4 Å². The van der Waals surface area contributed by atoms with Crippen molar-refractivity contribution >= 4 is 23.5 Å². The average Bonchev–Trinajstić information content (AvgIpc) is 3.48. The van der Waals surface area contributed by atoms with Gasteiger partial charge in [-0.2, -0.15) is 0 Å². The summed E-state index contributed by atoms with van der Waals surface area (Å²) in [4.78, 5) is 56.3. The number of ether oxygens (including phenoxy) is 1. The van der Waals surface area contributed by atoms with E-state index < -0.39 is 41.3 Å². The number of carbonyl (C=O) groups excluding carboxylic acids is 3. The number of amides is 2. The Morgan fingerprint density at radius 1 is 1.07 bits per heavy atom. The Morgan fingerprint density at radius 3 is 2.39 bits per heavy atom. The molecule has 0 bridgehead atoms. The van der Waals surface area contributed by atoms with Crippen molar-refractivity contribution in [1.82, 2.24) is 25.1 Å². The van der Waals surface area contributed by atoms with Crippen molar-refractivity contribution in [2.24, 2.45) is 5.92 Å². The van der Waals surface area contributed by atoms with Crippen LogP contribution in [0.15, 0.2) is 70.0 Å². The van der Waals surface area contributed by atoms with Gasteiger partial charge in [0.05, 0.1) is 24.8 Å². The van der Waals surface area contributed by atoms with Gasteiger partial charge >= 0.3 is 6.09 Å². The van der Waals surface area contributed by atoms with Crippen molar-refractivity contribution in [3.8, 4) is 11.4 Å². The highest BCUT2D eigenvalue weighted by molar-refractivity contribution is 5.98. The molecule has 5 rings (SSSR count). The SMILES string of the molecule is COC(=O)Nc1cnc(-c2ccccc2)n(CC(=O)N[C@H](C(=O)c2nnc(C3(c4ccc(F)cc4)CCC3)o2)C(C)C)c1=O. The van der Waals surface area contributed by atoms with Crippen LogP contribution in [0.4, 0.5) is 14.9 Å². The number of halogens is 1. The summed E-state index contributed by atoms with van der Waals surface area (Å²) in [5.41, 5.74) is -0.118. The predicted molar refractivity (Wildman–Crippen MR) is 156 cm³/mol. The zero-order valence-corrected chi connectivity index (χ0v) is 24.4. The molecule has 13 heteroatoms. The van der Waals surface area contributed by atoms with Gasteiger partial charge in [-0.3, -0.25) is 24.3 Å². The zero-order valence-electron chi connectivity index (χ0n) is 24.4. The van der Waals surface area contributed by atoms with E-state index in [9.17, 15) is 23.6 Å². The van der Waals surface area contributed by atoms with Crippen LogP contribution in [0, 0.1) is 11.7 Å². The van der Waals surface area contributed by atoms with Crippen molar-refractivity contribution in [2.75, 3.05) is 12.4 Å². The van der Waals surface area contributed by atoms with Crippen molar-refractivity contribution in [3.05, 3.63) is 94.3 Å². The molecule has 4 aromatic rings. The largest absolute Gasteiger partial charge is 0.453 e. The van der Waals surface area contributed by atoms with Crippen molar-refractivity contribution in [3.63, 3.8) is 0 Å². The van der Waals surface area contributed by atoms with E-state index in [0.717, 1.165) is 23.7 Å². The van der Waals surface area contributed by atoms with E-state index in [-0.39, 0.29) is 35.0 Å². The Hall–Kier alpha value is -5.20. The van der Waals surface area contributed by atoms with E-state index >= 15 is 0 Å². The first kappa shape index (κ1) is 30.3. The third-order valence-electron chi connectivity index (χ3n) is 7.72. The van der Waals surface area contributed by atoms with E-state index in [1.165, 1.54) is 18.3 Å². The zero-order chi connectivity index (χ0) is 31.4. The van der Waals surface area contributed by atoms with E-state index in [4.69, 9.17) is 4.42 Å². The first-order valence-corrected chi connectivity index (χ1v) is 14.1. The number of anilines is 1. The van der Waals surface area contributed by atoms with Gasteiger partial charge in [-0.05, 0) is 36.5 Å². The maximum Gasteiger partial charge on any atom is 0.411 e. The second-order valence-electron chi connectivity index (χ2n) is 10.9. The molecule has 2 N–H and O–H groups in total. The monoisotopic (exact) mass is 602 g/mol. The summed E-state index contributed by atoms with van der Waals surface area (Å²) in [7, 11) is 1.15. The Labute approximate surface area is 251 Å². The highest BCUT2D eigenvalue weighted by atomic mass is 19.1. The topological polar surface area (TPSA) is 158 Å². The molecule has 228 valence electrons. The van der Waals surface area contributed by atoms with Crippen LogP contribution in [0.25, 0.3) is 11.4 Å². The van der Waals surface area contributed by atoms with Gasteiger partial charge in [0.25, 0.3) is 11.4 Å². The molecule has 2 amide bonds. The molecule has 1 fully saturated rings. The number of benzene rings is 2. The Bertz CT molecular complexity index is 1730. The van der Waals surface area contributed by atoms with E-state index in [1.807, 2.05) is 0 Å². The normalized spacial score (nSPS) is 14.4. The van der Waals surface area contributed by atoms with Gasteiger partial charge in [0.15, 0.2) is 0 Å². The molecule has 0 saturated heterocycles. The number of methoxy groups -OCH3 is 1. The quantitative estimate of drug-likeness (QED) is 0.255. The fourth-order valence-corrected chi connectivity index (χ4v) is 5.18. The van der Waals surface area contributed by atoms with Gasteiger partial charge in [0.2, 0.25) is 17.6 Å². The number of aromatic nitrogens is 4. The maximum atomic E-state index is 13.6. The van der Waals surface area contributed by atoms with Gasteiger partial charge in [-0.1, -0.05) is 62.7 Å². The molecule has 0 radical (unpaired) electrons. The Balaban J connectivity index is 1.39. The van der Waals surface area contributed by atoms with Crippen LogP contribution in [-0.4, -0.2) is 50.7 Å². The summed E-state index contributed by atoms with van der Waals surface area (Å²) in [5.74, 6) is -1.81.